The van der Waals surface area contributed by atoms with Crippen molar-refractivity contribution in [3.63, 3.8) is 0 Å². The third kappa shape index (κ3) is 7.43. The number of hydrogen-bond donors (Lipinski definition) is 2. The Balaban J connectivity index is 1.09. The molecule has 13 heteroatoms. The molecule has 0 bridgehead atoms. The lowest BCUT2D eigenvalue weighted by molar-refractivity contribution is -0.119. The molecule has 0 spiro atoms. The minimum absolute atomic E-state index is 0.0884. The second-order valence-electron chi connectivity index (χ2n) is 13.1. The predicted molar refractivity (Wildman–Crippen MR) is 192 cm³/mol. The molecule has 3 saturated heterocycles. The summed E-state index contributed by atoms with van der Waals surface area (Å²) in [6.07, 6.45) is 7.17. The van der Waals surface area contributed by atoms with E-state index >= 15 is 0 Å². The summed E-state index contributed by atoms with van der Waals surface area (Å²) in [5.41, 5.74) is 5.56. The standard InChI is InChI=1S/C37H41Cl2N7O4/c1-48-36-31(16-40-15-24-9-10-33(47)43-24)41-17-29(44-36)27-7-3-5-25(34(27)38)26-6-4-8-28(35(26)39)30-18-42-32(37(45-30)49-2)20-46-13-11-22(19-46)23-12-14-50-21-23/h3-8,17-18,22-24,40H,9-16,19-21H2,1-2H3,(H,43,47)/t22?,23?,24-/m0/s1. The summed E-state index contributed by atoms with van der Waals surface area (Å²) in [4.78, 5) is 33.0. The van der Waals surface area contributed by atoms with Crippen LogP contribution in [0.25, 0.3) is 33.6 Å². The highest BCUT2D eigenvalue weighted by Gasteiger charge is 2.32. The van der Waals surface area contributed by atoms with Crippen molar-refractivity contribution in [2.75, 3.05) is 47.1 Å². The topological polar surface area (TPSA) is 124 Å². The molecular formula is C37H41Cl2N7O4. The van der Waals surface area contributed by atoms with Crippen molar-refractivity contribution in [1.82, 2.24) is 35.5 Å². The van der Waals surface area contributed by atoms with Crippen LogP contribution in [-0.2, 0) is 22.6 Å². The Morgan fingerprint density at radius 2 is 1.52 bits per heavy atom. The van der Waals surface area contributed by atoms with Gasteiger partial charge < -0.3 is 24.8 Å². The summed E-state index contributed by atoms with van der Waals surface area (Å²) in [7, 11) is 3.19. The van der Waals surface area contributed by atoms with Crippen LogP contribution in [0, 0.1) is 11.8 Å². The predicted octanol–water partition coefficient (Wildman–Crippen LogP) is 5.82. The molecule has 262 valence electrons. The number of benzene rings is 2. The summed E-state index contributed by atoms with van der Waals surface area (Å²) in [5.74, 6) is 2.30. The van der Waals surface area contributed by atoms with E-state index in [0.29, 0.717) is 82.3 Å². The smallest absolute Gasteiger partial charge is 0.237 e. The van der Waals surface area contributed by atoms with Crippen molar-refractivity contribution in [1.29, 1.82) is 0 Å². The lowest BCUT2D eigenvalue weighted by Gasteiger charge is -2.19. The fourth-order valence-electron chi connectivity index (χ4n) is 7.21. The fourth-order valence-corrected chi connectivity index (χ4v) is 7.86. The third-order valence-electron chi connectivity index (χ3n) is 9.93. The minimum Gasteiger partial charge on any atom is -0.480 e. The van der Waals surface area contributed by atoms with E-state index in [4.69, 9.17) is 52.4 Å². The molecule has 0 saturated carbocycles. The van der Waals surface area contributed by atoms with Crippen molar-refractivity contribution in [3.05, 3.63) is 70.2 Å². The maximum Gasteiger partial charge on any atom is 0.237 e. The zero-order valence-corrected chi connectivity index (χ0v) is 29.8. The van der Waals surface area contributed by atoms with Crippen LogP contribution in [0.4, 0.5) is 0 Å². The van der Waals surface area contributed by atoms with Crippen LogP contribution in [0.15, 0.2) is 48.8 Å². The molecule has 3 aliphatic heterocycles. The van der Waals surface area contributed by atoms with Gasteiger partial charge in [-0.3, -0.25) is 19.7 Å². The van der Waals surface area contributed by atoms with Gasteiger partial charge in [0.05, 0.1) is 48.0 Å². The van der Waals surface area contributed by atoms with Crippen molar-refractivity contribution < 1.29 is 19.0 Å². The first-order chi connectivity index (χ1) is 24.4. The average Bonchev–Trinajstić information content (AvgIpc) is 3.92. The third-order valence-corrected chi connectivity index (χ3v) is 10.7. The number of halogens is 2. The van der Waals surface area contributed by atoms with Crippen molar-refractivity contribution in [3.8, 4) is 45.4 Å². The number of likely N-dealkylation sites (tertiary alicyclic amines) is 1. The average molecular weight is 719 g/mol. The number of rotatable bonds is 12. The molecule has 3 fully saturated rings. The van der Waals surface area contributed by atoms with Gasteiger partial charge >= 0.3 is 0 Å². The first kappa shape index (κ1) is 34.6. The fraction of sp³-hybridized carbons (Fsp3) is 0.432. The molecule has 50 heavy (non-hydrogen) atoms. The maximum atomic E-state index is 11.5. The maximum absolute atomic E-state index is 11.5. The van der Waals surface area contributed by atoms with E-state index in [2.05, 4.69) is 20.5 Å². The SMILES string of the molecule is COc1nc(-c2cccc(-c3cccc(-c4cnc(CN5CCC(C6CCOC6)C5)c(OC)n4)c3Cl)c2Cl)cnc1CNC[C@@H]1CCC(=O)N1. The van der Waals surface area contributed by atoms with Crippen LogP contribution >= 0.6 is 23.2 Å². The molecule has 5 heterocycles. The van der Waals surface area contributed by atoms with Crippen LogP contribution in [-0.4, -0.2) is 83.9 Å². The normalized spacial score (nSPS) is 20.7. The van der Waals surface area contributed by atoms with Crippen LogP contribution < -0.4 is 20.1 Å². The van der Waals surface area contributed by atoms with Gasteiger partial charge in [0.2, 0.25) is 17.7 Å². The van der Waals surface area contributed by atoms with Gasteiger partial charge in [-0.05, 0) is 37.6 Å². The summed E-state index contributed by atoms with van der Waals surface area (Å²) < 4.78 is 17.0. The van der Waals surface area contributed by atoms with Gasteiger partial charge in [-0.15, -0.1) is 0 Å². The molecular weight excluding hydrogens is 677 g/mol. The molecule has 2 N–H and O–H groups in total. The number of aromatic nitrogens is 4. The number of carbonyl (C=O) groups excluding carboxylic acids is 1. The number of nitrogens with one attached hydrogen (secondary N) is 2. The Morgan fingerprint density at radius 1 is 0.880 bits per heavy atom. The molecule has 1 amide bonds. The van der Waals surface area contributed by atoms with Gasteiger partial charge in [0.1, 0.15) is 11.4 Å². The Morgan fingerprint density at radius 3 is 2.12 bits per heavy atom. The molecule has 0 radical (unpaired) electrons. The van der Waals surface area contributed by atoms with Crippen molar-refractivity contribution in [2.24, 2.45) is 11.8 Å². The van der Waals surface area contributed by atoms with Gasteiger partial charge in [0.25, 0.3) is 0 Å². The van der Waals surface area contributed by atoms with Crippen LogP contribution in [0.1, 0.15) is 37.1 Å². The Hall–Kier alpha value is -3.87. The lowest BCUT2D eigenvalue weighted by Crippen LogP contribution is -2.35. The summed E-state index contributed by atoms with van der Waals surface area (Å²) in [6.45, 7) is 5.60. The molecule has 2 aromatic carbocycles. The quantitative estimate of drug-likeness (QED) is 0.185. The van der Waals surface area contributed by atoms with E-state index in [0.717, 1.165) is 61.5 Å². The molecule has 11 nitrogen and oxygen atoms in total. The summed E-state index contributed by atoms with van der Waals surface area (Å²) >= 11 is 14.2. The van der Waals surface area contributed by atoms with Gasteiger partial charge in [0, 0.05) is 74.1 Å². The molecule has 4 aromatic rings. The van der Waals surface area contributed by atoms with E-state index in [1.165, 1.54) is 6.42 Å². The van der Waals surface area contributed by atoms with E-state index in [-0.39, 0.29) is 11.9 Å². The zero-order chi connectivity index (χ0) is 34.6. The monoisotopic (exact) mass is 717 g/mol. The van der Waals surface area contributed by atoms with Crippen LogP contribution in [0.2, 0.25) is 10.0 Å². The van der Waals surface area contributed by atoms with Crippen LogP contribution in [0.5, 0.6) is 11.8 Å². The molecule has 0 aliphatic carbocycles. The van der Waals surface area contributed by atoms with Crippen molar-refractivity contribution >= 4 is 29.1 Å². The van der Waals surface area contributed by atoms with Crippen molar-refractivity contribution in [2.45, 2.75) is 44.8 Å². The van der Waals surface area contributed by atoms with E-state index in [1.807, 2.05) is 36.4 Å². The number of hydrogen-bond acceptors (Lipinski definition) is 10. The lowest BCUT2D eigenvalue weighted by atomic mass is 9.91. The highest BCUT2D eigenvalue weighted by Crippen LogP contribution is 2.42. The Bertz CT molecular complexity index is 1850. The molecule has 3 aliphatic rings. The summed E-state index contributed by atoms with van der Waals surface area (Å²) in [6, 6.07) is 11.6. The second-order valence-corrected chi connectivity index (χ2v) is 13.9. The van der Waals surface area contributed by atoms with E-state index < -0.39 is 0 Å². The number of amides is 1. The first-order valence-electron chi connectivity index (χ1n) is 17.1. The number of ether oxygens (including phenoxy) is 3. The van der Waals surface area contributed by atoms with Gasteiger partial charge in [-0.2, -0.15) is 0 Å². The second kappa shape index (κ2) is 15.6. The Labute approximate surface area is 302 Å². The molecule has 2 unspecified atom stereocenters. The van der Waals surface area contributed by atoms with E-state index in [1.54, 1.807) is 26.6 Å². The number of carbonyl (C=O) groups is 1. The highest BCUT2D eigenvalue weighted by molar-refractivity contribution is 6.39. The molecule has 3 atom stereocenters. The summed E-state index contributed by atoms with van der Waals surface area (Å²) in [5, 5.41) is 7.28. The minimum atomic E-state index is 0.0884. The molecule has 7 rings (SSSR count). The van der Waals surface area contributed by atoms with Gasteiger partial charge in [-0.1, -0.05) is 59.6 Å². The largest absolute Gasteiger partial charge is 0.480 e. The van der Waals surface area contributed by atoms with Gasteiger partial charge in [0.15, 0.2) is 0 Å². The zero-order valence-electron chi connectivity index (χ0n) is 28.3. The highest BCUT2D eigenvalue weighted by atomic mass is 35.5. The Kier molecular flexibility index (Phi) is 10.8. The number of methoxy groups -OCH3 is 2. The first-order valence-corrected chi connectivity index (χ1v) is 17.9. The van der Waals surface area contributed by atoms with Crippen LogP contribution in [0.3, 0.4) is 0 Å². The number of nitrogens with zero attached hydrogens (tertiary/aromatic N) is 5. The van der Waals surface area contributed by atoms with Gasteiger partial charge in [-0.25, -0.2) is 9.97 Å². The molecule has 2 aromatic heterocycles. The van der Waals surface area contributed by atoms with E-state index in [9.17, 15) is 4.79 Å².